The molecule has 3 nitrogen and oxygen atoms in total. The molecular weight excluding hydrogens is 257 g/mol. The second-order valence-corrected chi connectivity index (χ2v) is 5.37. The summed E-state index contributed by atoms with van der Waals surface area (Å²) in [6, 6.07) is 5.86. The molecule has 0 amide bonds. The summed E-state index contributed by atoms with van der Waals surface area (Å²) in [5.41, 5.74) is 0.626. The van der Waals surface area contributed by atoms with Gasteiger partial charge in [-0.25, -0.2) is 9.18 Å². The number of rotatable bonds is 4. The smallest absolute Gasteiger partial charge is 0.327 e. The van der Waals surface area contributed by atoms with E-state index in [4.69, 9.17) is 4.74 Å². The van der Waals surface area contributed by atoms with Gasteiger partial charge in [0.05, 0.1) is 7.11 Å². The number of hydrogen-bond donors (Lipinski definition) is 1. The van der Waals surface area contributed by atoms with Crippen LogP contribution in [0.15, 0.2) is 24.3 Å². The van der Waals surface area contributed by atoms with Gasteiger partial charge in [-0.3, -0.25) is 5.32 Å². The molecule has 110 valence electrons. The SMILES string of the molecule is COC(=O)C(NC1CCCCCC1)c1cccc(F)c1. The first-order chi connectivity index (χ1) is 9.70. The Morgan fingerprint density at radius 1 is 1.30 bits per heavy atom. The number of esters is 1. The van der Waals surface area contributed by atoms with Crippen LogP contribution in [0.1, 0.15) is 50.1 Å². The fourth-order valence-corrected chi connectivity index (χ4v) is 2.79. The Morgan fingerprint density at radius 2 is 2.00 bits per heavy atom. The van der Waals surface area contributed by atoms with Crippen LogP contribution in [0.3, 0.4) is 0 Å². The van der Waals surface area contributed by atoms with Gasteiger partial charge in [-0.05, 0) is 30.5 Å². The Morgan fingerprint density at radius 3 is 2.60 bits per heavy atom. The number of halogens is 1. The molecule has 1 aliphatic rings. The molecule has 0 bridgehead atoms. The van der Waals surface area contributed by atoms with E-state index >= 15 is 0 Å². The van der Waals surface area contributed by atoms with Gasteiger partial charge in [0.25, 0.3) is 0 Å². The summed E-state index contributed by atoms with van der Waals surface area (Å²) in [7, 11) is 1.36. The molecule has 4 heteroatoms. The highest BCUT2D eigenvalue weighted by Gasteiger charge is 2.25. The second-order valence-electron chi connectivity index (χ2n) is 5.37. The largest absolute Gasteiger partial charge is 0.468 e. The zero-order valence-electron chi connectivity index (χ0n) is 11.9. The van der Waals surface area contributed by atoms with Crippen molar-refractivity contribution in [1.29, 1.82) is 0 Å². The van der Waals surface area contributed by atoms with Crippen LogP contribution in [-0.2, 0) is 9.53 Å². The molecule has 20 heavy (non-hydrogen) atoms. The van der Waals surface area contributed by atoms with Crippen molar-refractivity contribution in [3.05, 3.63) is 35.6 Å². The lowest BCUT2D eigenvalue weighted by atomic mass is 10.0. The van der Waals surface area contributed by atoms with Crippen molar-refractivity contribution < 1.29 is 13.9 Å². The van der Waals surface area contributed by atoms with Gasteiger partial charge in [-0.2, -0.15) is 0 Å². The standard InChI is InChI=1S/C16H22FNO2/c1-20-16(19)15(12-7-6-8-13(17)11-12)18-14-9-4-2-3-5-10-14/h6-8,11,14-15,18H,2-5,9-10H2,1H3. The van der Waals surface area contributed by atoms with E-state index in [-0.39, 0.29) is 11.8 Å². The Kier molecular flexibility index (Phi) is 5.53. The van der Waals surface area contributed by atoms with Gasteiger partial charge < -0.3 is 4.74 Å². The second kappa shape index (κ2) is 7.39. The van der Waals surface area contributed by atoms with Crippen LogP contribution in [-0.4, -0.2) is 19.1 Å². The van der Waals surface area contributed by atoms with Crippen molar-refractivity contribution in [3.63, 3.8) is 0 Å². The minimum atomic E-state index is -0.584. The summed E-state index contributed by atoms with van der Waals surface area (Å²) in [5.74, 6) is -0.695. The normalized spacial score (nSPS) is 18.3. The molecule has 1 aliphatic carbocycles. The van der Waals surface area contributed by atoms with Crippen molar-refractivity contribution in [2.75, 3.05) is 7.11 Å². The predicted molar refractivity (Wildman–Crippen MR) is 75.8 cm³/mol. The number of ether oxygens (including phenoxy) is 1. The molecule has 0 heterocycles. The van der Waals surface area contributed by atoms with Crippen LogP contribution in [0.5, 0.6) is 0 Å². The number of carbonyl (C=O) groups excluding carboxylic acids is 1. The van der Waals surface area contributed by atoms with E-state index in [2.05, 4.69) is 5.32 Å². The maximum Gasteiger partial charge on any atom is 0.327 e. The first-order valence-electron chi connectivity index (χ1n) is 7.30. The minimum absolute atomic E-state index is 0.296. The van der Waals surface area contributed by atoms with Crippen molar-refractivity contribution in [2.45, 2.75) is 50.6 Å². The van der Waals surface area contributed by atoms with Gasteiger partial charge in [0, 0.05) is 6.04 Å². The summed E-state index contributed by atoms with van der Waals surface area (Å²) in [6.07, 6.45) is 6.97. The molecule has 0 aromatic heterocycles. The topological polar surface area (TPSA) is 38.3 Å². The molecule has 2 rings (SSSR count). The van der Waals surface area contributed by atoms with Gasteiger partial charge in [0.1, 0.15) is 11.9 Å². The molecule has 0 saturated heterocycles. The first kappa shape index (κ1) is 15.0. The highest BCUT2D eigenvalue weighted by Crippen LogP contribution is 2.22. The average molecular weight is 279 g/mol. The van der Waals surface area contributed by atoms with Gasteiger partial charge in [0.2, 0.25) is 0 Å². The maximum absolute atomic E-state index is 13.4. The fourth-order valence-electron chi connectivity index (χ4n) is 2.79. The number of hydrogen-bond acceptors (Lipinski definition) is 3. The zero-order chi connectivity index (χ0) is 14.4. The molecule has 1 aromatic carbocycles. The summed E-state index contributed by atoms with van der Waals surface area (Å²) >= 11 is 0. The molecule has 1 saturated carbocycles. The van der Waals surface area contributed by atoms with Crippen LogP contribution in [0.4, 0.5) is 4.39 Å². The molecule has 1 unspecified atom stereocenters. The zero-order valence-corrected chi connectivity index (χ0v) is 11.9. The van der Waals surface area contributed by atoms with Crippen molar-refractivity contribution in [2.24, 2.45) is 0 Å². The van der Waals surface area contributed by atoms with Crippen molar-refractivity contribution >= 4 is 5.97 Å². The summed E-state index contributed by atoms with van der Waals surface area (Å²) < 4.78 is 18.2. The van der Waals surface area contributed by atoms with E-state index in [1.807, 2.05) is 0 Å². The van der Waals surface area contributed by atoms with Gasteiger partial charge in [-0.1, -0.05) is 37.8 Å². The van der Waals surface area contributed by atoms with E-state index in [0.717, 1.165) is 12.8 Å². The number of benzene rings is 1. The minimum Gasteiger partial charge on any atom is -0.468 e. The first-order valence-corrected chi connectivity index (χ1v) is 7.30. The third-order valence-electron chi connectivity index (χ3n) is 3.88. The lowest BCUT2D eigenvalue weighted by molar-refractivity contribution is -0.143. The van der Waals surface area contributed by atoms with E-state index in [1.54, 1.807) is 12.1 Å². The number of nitrogens with one attached hydrogen (secondary N) is 1. The van der Waals surface area contributed by atoms with Gasteiger partial charge in [0.15, 0.2) is 0 Å². The third kappa shape index (κ3) is 4.04. The van der Waals surface area contributed by atoms with E-state index in [1.165, 1.54) is 44.9 Å². The molecule has 0 aliphatic heterocycles. The lowest BCUT2D eigenvalue weighted by Crippen LogP contribution is -2.37. The van der Waals surface area contributed by atoms with Crippen LogP contribution in [0.25, 0.3) is 0 Å². The molecular formula is C16H22FNO2. The molecule has 0 radical (unpaired) electrons. The fraction of sp³-hybridized carbons (Fsp3) is 0.562. The van der Waals surface area contributed by atoms with Crippen LogP contribution >= 0.6 is 0 Å². The Labute approximate surface area is 119 Å². The van der Waals surface area contributed by atoms with Crippen molar-refractivity contribution in [3.8, 4) is 0 Å². The molecule has 1 atom stereocenters. The summed E-state index contributed by atoms with van der Waals surface area (Å²) in [4.78, 5) is 12.0. The monoisotopic (exact) mass is 279 g/mol. The molecule has 0 spiro atoms. The summed E-state index contributed by atoms with van der Waals surface area (Å²) in [5, 5.41) is 3.35. The van der Waals surface area contributed by atoms with E-state index < -0.39 is 6.04 Å². The van der Waals surface area contributed by atoms with Gasteiger partial charge >= 0.3 is 5.97 Å². The van der Waals surface area contributed by atoms with Gasteiger partial charge in [-0.15, -0.1) is 0 Å². The van der Waals surface area contributed by atoms with Crippen molar-refractivity contribution in [1.82, 2.24) is 5.32 Å². The molecule has 1 fully saturated rings. The molecule has 1 aromatic rings. The number of carbonyl (C=O) groups is 1. The van der Waals surface area contributed by atoms with E-state index in [0.29, 0.717) is 11.6 Å². The maximum atomic E-state index is 13.4. The molecule has 1 N–H and O–H groups in total. The lowest BCUT2D eigenvalue weighted by Gasteiger charge is -2.23. The van der Waals surface area contributed by atoms with Crippen LogP contribution in [0.2, 0.25) is 0 Å². The quantitative estimate of drug-likeness (QED) is 0.678. The van der Waals surface area contributed by atoms with Crippen LogP contribution < -0.4 is 5.32 Å². The summed E-state index contributed by atoms with van der Waals surface area (Å²) in [6.45, 7) is 0. The Hall–Kier alpha value is -1.42. The Bertz CT molecular complexity index is 442. The predicted octanol–water partition coefficient (Wildman–Crippen LogP) is 3.35. The average Bonchev–Trinajstić information content (AvgIpc) is 2.72. The highest BCUT2D eigenvalue weighted by molar-refractivity contribution is 5.77. The Balaban J connectivity index is 2.12. The number of methoxy groups -OCH3 is 1. The van der Waals surface area contributed by atoms with E-state index in [9.17, 15) is 9.18 Å². The van der Waals surface area contributed by atoms with Crippen LogP contribution in [0, 0.1) is 5.82 Å². The third-order valence-corrected chi connectivity index (χ3v) is 3.88. The highest BCUT2D eigenvalue weighted by atomic mass is 19.1.